The number of sulfone groups is 1. The maximum absolute atomic E-state index is 12.6. The normalized spacial score (nSPS) is 17.4. The second kappa shape index (κ2) is 10.9. The molecule has 0 saturated carbocycles. The number of halogens is 1. The fraction of sp³-hybridized carbons (Fsp3) is 0.524. The minimum absolute atomic E-state index is 0.0389. The highest BCUT2D eigenvalue weighted by molar-refractivity contribution is 9.10. The first-order valence-corrected chi connectivity index (χ1v) is 14.0. The Kier molecular flexibility index (Phi) is 8.46. The summed E-state index contributed by atoms with van der Waals surface area (Å²) in [6.07, 6.45) is 3.49. The zero-order valence-electron chi connectivity index (χ0n) is 18.5. The fourth-order valence-corrected chi connectivity index (χ4v) is 6.56. The molecule has 0 aliphatic carbocycles. The highest BCUT2D eigenvalue weighted by atomic mass is 79.9. The van der Waals surface area contributed by atoms with Gasteiger partial charge in [-0.3, -0.25) is 14.4 Å². The summed E-state index contributed by atoms with van der Waals surface area (Å²) in [6.45, 7) is 2.33. The predicted molar refractivity (Wildman–Crippen MR) is 128 cm³/mol. The monoisotopic (exact) mass is 559 g/mol. The largest absolute Gasteiger partial charge is 0.468 e. The van der Waals surface area contributed by atoms with Crippen LogP contribution in [0.15, 0.2) is 27.7 Å². The van der Waals surface area contributed by atoms with E-state index in [0.29, 0.717) is 12.1 Å². The summed E-state index contributed by atoms with van der Waals surface area (Å²) < 4.78 is 33.0. The van der Waals surface area contributed by atoms with Gasteiger partial charge in [0.1, 0.15) is 18.1 Å². The number of methoxy groups -OCH3 is 1. The summed E-state index contributed by atoms with van der Waals surface area (Å²) in [6, 6.07) is 5.40. The number of likely N-dealkylation sites (tertiary alicyclic amines) is 1. The molecule has 0 bridgehead atoms. The molecule has 1 fully saturated rings. The molecule has 2 amide bonds. The minimum Gasteiger partial charge on any atom is -0.468 e. The second-order valence-electron chi connectivity index (χ2n) is 7.84. The van der Waals surface area contributed by atoms with Gasteiger partial charge in [0.15, 0.2) is 14.6 Å². The Morgan fingerprint density at radius 1 is 1.24 bits per heavy atom. The van der Waals surface area contributed by atoms with Gasteiger partial charge in [0.25, 0.3) is 5.91 Å². The third-order valence-corrected chi connectivity index (χ3v) is 8.39. The molecule has 1 unspecified atom stereocenters. The number of fused-ring (bicyclic) bond motifs is 1. The van der Waals surface area contributed by atoms with Gasteiger partial charge in [-0.1, -0.05) is 34.2 Å². The molecule has 180 valence electrons. The highest BCUT2D eigenvalue weighted by Crippen LogP contribution is 2.22. The van der Waals surface area contributed by atoms with Crippen LogP contribution in [0.4, 0.5) is 0 Å². The van der Waals surface area contributed by atoms with Gasteiger partial charge in [0, 0.05) is 17.1 Å². The van der Waals surface area contributed by atoms with Crippen molar-refractivity contribution in [1.29, 1.82) is 0 Å². The Labute approximate surface area is 204 Å². The Hall–Kier alpha value is -2.05. The zero-order chi connectivity index (χ0) is 24.2. The van der Waals surface area contributed by atoms with Gasteiger partial charge in [-0.15, -0.1) is 0 Å². The van der Waals surface area contributed by atoms with Crippen LogP contribution in [0.1, 0.15) is 32.6 Å². The first-order valence-electron chi connectivity index (χ1n) is 10.6. The average molecular weight is 560 g/mol. The number of ether oxygens (including phenoxy) is 1. The predicted octanol–water partition coefficient (Wildman–Crippen LogP) is 2.27. The highest BCUT2D eigenvalue weighted by Gasteiger charge is 2.29. The molecule has 12 heteroatoms. The molecule has 33 heavy (non-hydrogen) atoms. The van der Waals surface area contributed by atoms with Gasteiger partial charge < -0.3 is 14.2 Å². The molecular weight excluding hydrogens is 534 g/mol. The van der Waals surface area contributed by atoms with Gasteiger partial charge in [0.2, 0.25) is 5.91 Å². The quantitative estimate of drug-likeness (QED) is 0.480. The summed E-state index contributed by atoms with van der Waals surface area (Å²) in [5.74, 6) is -3.48. The number of carbonyl (C=O) groups is 3. The average Bonchev–Trinajstić information content (AvgIpc) is 3.08. The number of amides is 2. The number of benzene rings is 1. The molecule has 1 aliphatic rings. The molecule has 1 aromatic heterocycles. The van der Waals surface area contributed by atoms with E-state index in [9.17, 15) is 22.8 Å². The second-order valence-corrected chi connectivity index (χ2v) is 11.8. The SMILES string of the molecule is CCC1CCCCN1C(=O)CS(=O)(=O)CC(=O)N=c1sc2cc(Br)ccc2n1CC(=O)OC. The third kappa shape index (κ3) is 6.51. The Balaban J connectivity index is 1.82. The lowest BCUT2D eigenvalue weighted by Gasteiger charge is -2.35. The molecule has 0 N–H and O–H groups in total. The Morgan fingerprint density at radius 2 is 2.00 bits per heavy atom. The van der Waals surface area contributed by atoms with E-state index in [1.54, 1.807) is 17.0 Å². The maximum atomic E-state index is 12.6. The molecule has 0 spiro atoms. The van der Waals surface area contributed by atoms with Crippen molar-refractivity contribution in [3.63, 3.8) is 0 Å². The number of hydrogen-bond donors (Lipinski definition) is 0. The first-order chi connectivity index (χ1) is 15.6. The lowest BCUT2D eigenvalue weighted by molar-refractivity contribution is -0.141. The standard InChI is InChI=1S/C21H26BrN3O6S2/c1-3-15-6-4-5-9-24(15)19(27)13-33(29,30)12-18(26)23-21-25(11-20(28)31-2)16-8-7-14(22)10-17(16)32-21/h7-8,10,15H,3-6,9,11-13H2,1-2H3. The van der Waals surface area contributed by atoms with E-state index < -0.39 is 39.1 Å². The van der Waals surface area contributed by atoms with Crippen LogP contribution in [0.3, 0.4) is 0 Å². The molecule has 3 rings (SSSR count). The van der Waals surface area contributed by atoms with Crippen molar-refractivity contribution < 1.29 is 27.5 Å². The van der Waals surface area contributed by atoms with E-state index in [2.05, 4.69) is 20.9 Å². The summed E-state index contributed by atoms with van der Waals surface area (Å²) in [7, 11) is -2.74. The van der Waals surface area contributed by atoms with Crippen molar-refractivity contribution in [2.24, 2.45) is 4.99 Å². The van der Waals surface area contributed by atoms with E-state index in [1.165, 1.54) is 11.7 Å². The lowest BCUT2D eigenvalue weighted by Crippen LogP contribution is -2.46. The molecule has 1 atom stereocenters. The first kappa shape index (κ1) is 25.6. The van der Waals surface area contributed by atoms with E-state index >= 15 is 0 Å². The van der Waals surface area contributed by atoms with E-state index in [1.807, 2.05) is 13.0 Å². The van der Waals surface area contributed by atoms with Crippen molar-refractivity contribution in [1.82, 2.24) is 9.47 Å². The van der Waals surface area contributed by atoms with Crippen LogP contribution in [-0.4, -0.2) is 66.9 Å². The maximum Gasteiger partial charge on any atom is 0.325 e. The summed E-state index contributed by atoms with van der Waals surface area (Å²) in [5, 5.41) is 0. The number of nitrogens with zero attached hydrogens (tertiary/aromatic N) is 3. The van der Waals surface area contributed by atoms with Gasteiger partial charge in [-0.05, 0) is 43.9 Å². The molecule has 9 nitrogen and oxygen atoms in total. The van der Waals surface area contributed by atoms with Gasteiger partial charge >= 0.3 is 5.97 Å². The van der Waals surface area contributed by atoms with Crippen molar-refractivity contribution >= 4 is 65.1 Å². The number of thiazole rings is 1. The molecule has 1 saturated heterocycles. The fourth-order valence-electron chi connectivity index (χ4n) is 3.88. The van der Waals surface area contributed by atoms with E-state index in [4.69, 9.17) is 4.74 Å². The van der Waals surface area contributed by atoms with Gasteiger partial charge in [0.05, 0.1) is 17.3 Å². The van der Waals surface area contributed by atoms with Gasteiger partial charge in [-0.2, -0.15) is 4.99 Å². The number of rotatable bonds is 7. The van der Waals surface area contributed by atoms with Gasteiger partial charge in [-0.25, -0.2) is 8.42 Å². The van der Waals surface area contributed by atoms with Crippen molar-refractivity contribution in [3.05, 3.63) is 27.5 Å². The van der Waals surface area contributed by atoms with Crippen molar-refractivity contribution in [2.45, 2.75) is 45.2 Å². The molecule has 2 heterocycles. The Morgan fingerprint density at radius 3 is 2.70 bits per heavy atom. The summed E-state index contributed by atoms with van der Waals surface area (Å²) >= 11 is 4.53. The van der Waals surface area contributed by atoms with E-state index in [0.717, 1.165) is 46.2 Å². The zero-order valence-corrected chi connectivity index (χ0v) is 21.7. The molecule has 2 aromatic rings. The lowest BCUT2D eigenvalue weighted by atomic mass is 10.0. The molecule has 0 radical (unpaired) electrons. The number of esters is 1. The number of hydrogen-bond acceptors (Lipinski definition) is 7. The van der Waals surface area contributed by atoms with Crippen LogP contribution in [0, 0.1) is 0 Å². The van der Waals surface area contributed by atoms with Crippen molar-refractivity contribution in [3.8, 4) is 0 Å². The smallest absolute Gasteiger partial charge is 0.325 e. The number of carbonyl (C=O) groups excluding carboxylic acids is 3. The third-order valence-electron chi connectivity index (χ3n) is 5.49. The summed E-state index contributed by atoms with van der Waals surface area (Å²) in [4.78, 5) is 42.8. The van der Waals surface area contributed by atoms with Crippen LogP contribution in [-0.2, 0) is 35.5 Å². The van der Waals surface area contributed by atoms with Crippen LogP contribution in [0.2, 0.25) is 0 Å². The minimum atomic E-state index is -4.00. The number of piperidine rings is 1. The van der Waals surface area contributed by atoms with Crippen LogP contribution >= 0.6 is 27.3 Å². The molecule has 1 aromatic carbocycles. The van der Waals surface area contributed by atoms with Crippen LogP contribution in [0.5, 0.6) is 0 Å². The topological polar surface area (TPSA) is 115 Å². The molecular formula is C21H26BrN3O6S2. The van der Waals surface area contributed by atoms with E-state index in [-0.39, 0.29) is 17.4 Å². The molecule has 1 aliphatic heterocycles. The Bertz CT molecular complexity index is 1230. The number of aromatic nitrogens is 1. The van der Waals surface area contributed by atoms with Crippen LogP contribution in [0.25, 0.3) is 10.2 Å². The van der Waals surface area contributed by atoms with Crippen molar-refractivity contribution in [2.75, 3.05) is 25.2 Å². The summed E-state index contributed by atoms with van der Waals surface area (Å²) in [5.41, 5.74) is 0.661. The van der Waals surface area contributed by atoms with Crippen LogP contribution < -0.4 is 4.80 Å².